The Balaban J connectivity index is 2.29. The molecule has 1 aromatic rings. The SMILES string of the molecule is COC(=O)C1(C(N)c2cccc(Br)c2)COC1. The normalized spacial score (nSPS) is 19.2. The summed E-state index contributed by atoms with van der Waals surface area (Å²) < 4.78 is 10.9. The lowest BCUT2D eigenvalue weighted by molar-refractivity contribution is -0.188. The van der Waals surface area contributed by atoms with Gasteiger partial charge in [0, 0.05) is 4.47 Å². The average Bonchev–Trinajstić information content (AvgIpc) is 2.27. The summed E-state index contributed by atoms with van der Waals surface area (Å²) in [6.07, 6.45) is 0. The number of nitrogens with two attached hydrogens (primary N) is 1. The number of carbonyl (C=O) groups is 1. The Morgan fingerprint density at radius 3 is 2.76 bits per heavy atom. The fourth-order valence-electron chi connectivity index (χ4n) is 1.97. The van der Waals surface area contributed by atoms with E-state index in [1.165, 1.54) is 7.11 Å². The molecule has 1 atom stereocenters. The van der Waals surface area contributed by atoms with Crippen LogP contribution in [0.1, 0.15) is 11.6 Å². The summed E-state index contributed by atoms with van der Waals surface area (Å²) in [7, 11) is 1.37. The second-order valence-corrected chi connectivity index (χ2v) is 5.09. The maximum Gasteiger partial charge on any atom is 0.318 e. The van der Waals surface area contributed by atoms with E-state index in [4.69, 9.17) is 15.2 Å². The standard InChI is InChI=1S/C12H14BrNO3/c1-16-11(15)12(6-17-7-12)10(14)8-3-2-4-9(13)5-8/h2-5,10H,6-7,14H2,1H3. The summed E-state index contributed by atoms with van der Waals surface area (Å²) in [6.45, 7) is 0.626. The van der Waals surface area contributed by atoms with Gasteiger partial charge in [0.1, 0.15) is 5.41 Å². The largest absolute Gasteiger partial charge is 0.468 e. The van der Waals surface area contributed by atoms with Gasteiger partial charge in [-0.1, -0.05) is 28.1 Å². The number of halogens is 1. The van der Waals surface area contributed by atoms with Gasteiger partial charge in [-0.2, -0.15) is 0 Å². The molecule has 0 spiro atoms. The van der Waals surface area contributed by atoms with Gasteiger partial charge in [-0.15, -0.1) is 0 Å². The van der Waals surface area contributed by atoms with Crippen LogP contribution in [-0.4, -0.2) is 26.3 Å². The predicted molar refractivity (Wildman–Crippen MR) is 66.3 cm³/mol. The van der Waals surface area contributed by atoms with E-state index >= 15 is 0 Å². The second-order valence-electron chi connectivity index (χ2n) is 4.17. The lowest BCUT2D eigenvalue weighted by Gasteiger charge is -2.42. The first-order valence-corrected chi connectivity index (χ1v) is 6.06. The van der Waals surface area contributed by atoms with Crippen molar-refractivity contribution < 1.29 is 14.3 Å². The summed E-state index contributed by atoms with van der Waals surface area (Å²) in [4.78, 5) is 11.8. The molecule has 0 saturated carbocycles. The van der Waals surface area contributed by atoms with Crippen LogP contribution in [0.15, 0.2) is 28.7 Å². The maximum atomic E-state index is 11.8. The van der Waals surface area contributed by atoms with Crippen LogP contribution in [-0.2, 0) is 14.3 Å². The smallest absolute Gasteiger partial charge is 0.318 e. The number of benzene rings is 1. The zero-order chi connectivity index (χ0) is 12.5. The first kappa shape index (κ1) is 12.5. The van der Waals surface area contributed by atoms with Crippen molar-refractivity contribution in [3.05, 3.63) is 34.3 Å². The molecule has 4 nitrogen and oxygen atoms in total. The highest BCUT2D eigenvalue weighted by molar-refractivity contribution is 9.10. The monoisotopic (exact) mass is 299 g/mol. The summed E-state index contributed by atoms with van der Waals surface area (Å²) >= 11 is 3.39. The molecule has 1 heterocycles. The molecule has 1 unspecified atom stereocenters. The van der Waals surface area contributed by atoms with Crippen LogP contribution in [0, 0.1) is 5.41 Å². The summed E-state index contributed by atoms with van der Waals surface area (Å²) in [5.74, 6) is -0.309. The van der Waals surface area contributed by atoms with Gasteiger partial charge < -0.3 is 15.2 Å². The number of rotatable bonds is 3. The predicted octanol–water partition coefficient (Wildman–Crippen LogP) is 1.64. The average molecular weight is 300 g/mol. The summed E-state index contributed by atoms with van der Waals surface area (Å²) in [5.41, 5.74) is 6.33. The molecule has 1 aliphatic heterocycles. The number of carbonyl (C=O) groups excluding carboxylic acids is 1. The van der Waals surface area contributed by atoms with E-state index in [1.807, 2.05) is 24.3 Å². The molecule has 0 amide bonds. The van der Waals surface area contributed by atoms with Gasteiger partial charge in [0.25, 0.3) is 0 Å². The second kappa shape index (κ2) is 4.76. The van der Waals surface area contributed by atoms with E-state index in [-0.39, 0.29) is 5.97 Å². The van der Waals surface area contributed by atoms with Crippen LogP contribution in [0.2, 0.25) is 0 Å². The van der Waals surface area contributed by atoms with Crippen molar-refractivity contribution >= 4 is 21.9 Å². The third-order valence-electron chi connectivity index (χ3n) is 3.11. The Kier molecular flexibility index (Phi) is 3.51. The first-order valence-electron chi connectivity index (χ1n) is 5.27. The minimum absolute atomic E-state index is 0.309. The third kappa shape index (κ3) is 2.10. The van der Waals surface area contributed by atoms with Crippen LogP contribution in [0.4, 0.5) is 0 Å². The van der Waals surface area contributed by atoms with E-state index in [9.17, 15) is 4.79 Å². The van der Waals surface area contributed by atoms with Crippen LogP contribution >= 0.6 is 15.9 Å². The zero-order valence-corrected chi connectivity index (χ0v) is 11.1. The van der Waals surface area contributed by atoms with Crippen LogP contribution in [0.25, 0.3) is 0 Å². The van der Waals surface area contributed by atoms with E-state index in [0.717, 1.165) is 10.0 Å². The van der Waals surface area contributed by atoms with Crippen LogP contribution in [0.3, 0.4) is 0 Å². The molecule has 0 aliphatic carbocycles. The molecule has 92 valence electrons. The minimum Gasteiger partial charge on any atom is -0.468 e. The molecular weight excluding hydrogens is 286 g/mol. The molecule has 0 bridgehead atoms. The molecule has 0 aromatic heterocycles. The number of methoxy groups -OCH3 is 1. The van der Waals surface area contributed by atoms with Crippen molar-refractivity contribution in [3.8, 4) is 0 Å². The van der Waals surface area contributed by atoms with Crippen molar-refractivity contribution in [1.29, 1.82) is 0 Å². The Labute approximate surface area is 108 Å². The van der Waals surface area contributed by atoms with Crippen molar-refractivity contribution in [1.82, 2.24) is 0 Å². The van der Waals surface area contributed by atoms with Gasteiger partial charge in [0.05, 0.1) is 26.4 Å². The number of ether oxygens (including phenoxy) is 2. The Morgan fingerprint density at radius 2 is 2.29 bits per heavy atom. The number of esters is 1. The highest BCUT2D eigenvalue weighted by Gasteiger charge is 2.52. The fraction of sp³-hybridized carbons (Fsp3) is 0.417. The van der Waals surface area contributed by atoms with Crippen molar-refractivity contribution in [2.75, 3.05) is 20.3 Å². The Morgan fingerprint density at radius 1 is 1.59 bits per heavy atom. The Bertz CT molecular complexity index is 432. The highest BCUT2D eigenvalue weighted by Crippen LogP contribution is 2.40. The first-order chi connectivity index (χ1) is 8.10. The molecule has 5 heteroatoms. The fourth-order valence-corrected chi connectivity index (χ4v) is 2.39. The van der Waals surface area contributed by atoms with Crippen molar-refractivity contribution in [2.24, 2.45) is 11.1 Å². The quantitative estimate of drug-likeness (QED) is 0.862. The number of hydrogen-bond acceptors (Lipinski definition) is 4. The maximum absolute atomic E-state index is 11.8. The van der Waals surface area contributed by atoms with E-state index in [1.54, 1.807) is 0 Å². The molecule has 1 saturated heterocycles. The summed E-state index contributed by atoms with van der Waals surface area (Å²) in [5, 5.41) is 0. The van der Waals surface area contributed by atoms with Crippen LogP contribution in [0.5, 0.6) is 0 Å². The van der Waals surface area contributed by atoms with E-state index < -0.39 is 11.5 Å². The zero-order valence-electron chi connectivity index (χ0n) is 9.48. The molecular formula is C12H14BrNO3. The number of hydrogen-bond donors (Lipinski definition) is 1. The lowest BCUT2D eigenvalue weighted by atomic mass is 9.75. The van der Waals surface area contributed by atoms with Gasteiger partial charge in [-0.05, 0) is 17.7 Å². The third-order valence-corrected chi connectivity index (χ3v) is 3.61. The van der Waals surface area contributed by atoms with Gasteiger partial charge in [0.2, 0.25) is 0 Å². The van der Waals surface area contributed by atoms with Crippen molar-refractivity contribution in [3.63, 3.8) is 0 Å². The highest BCUT2D eigenvalue weighted by atomic mass is 79.9. The van der Waals surface area contributed by atoms with Crippen molar-refractivity contribution in [2.45, 2.75) is 6.04 Å². The van der Waals surface area contributed by atoms with Crippen LogP contribution < -0.4 is 5.73 Å². The molecule has 1 fully saturated rings. The van der Waals surface area contributed by atoms with Gasteiger partial charge in [-0.3, -0.25) is 4.79 Å². The molecule has 1 aromatic carbocycles. The summed E-state index contributed by atoms with van der Waals surface area (Å²) in [6, 6.07) is 7.20. The lowest BCUT2D eigenvalue weighted by Crippen LogP contribution is -2.56. The molecule has 0 radical (unpaired) electrons. The molecule has 2 N–H and O–H groups in total. The topological polar surface area (TPSA) is 61.5 Å². The van der Waals surface area contributed by atoms with Gasteiger partial charge in [-0.25, -0.2) is 0 Å². The van der Waals surface area contributed by atoms with E-state index in [0.29, 0.717) is 13.2 Å². The molecule has 1 aliphatic rings. The van der Waals surface area contributed by atoms with E-state index in [2.05, 4.69) is 15.9 Å². The molecule has 2 rings (SSSR count). The Hall–Kier alpha value is -0.910. The minimum atomic E-state index is -0.741. The van der Waals surface area contributed by atoms with Gasteiger partial charge >= 0.3 is 5.97 Å². The molecule has 17 heavy (non-hydrogen) atoms. The van der Waals surface area contributed by atoms with Gasteiger partial charge in [0.15, 0.2) is 0 Å².